The zero-order valence-corrected chi connectivity index (χ0v) is 24.5. The number of carboxylic acids is 2. The molecule has 0 atom stereocenters. The third-order valence-corrected chi connectivity index (χ3v) is 8.49. The van der Waals surface area contributed by atoms with Gasteiger partial charge >= 0.3 is 11.9 Å². The molecule has 0 spiro atoms. The number of thiophene rings is 2. The van der Waals surface area contributed by atoms with E-state index in [4.69, 9.17) is 24.4 Å². The number of benzene rings is 2. The van der Waals surface area contributed by atoms with Crippen LogP contribution < -0.4 is 14.2 Å². The number of nitrogens with zero attached hydrogens (tertiary/aromatic N) is 1. The number of rotatable bonds is 15. The molecule has 0 fully saturated rings. The molecule has 42 heavy (non-hydrogen) atoms. The molecule has 222 valence electrons. The lowest BCUT2D eigenvalue weighted by Crippen LogP contribution is -2.28. The summed E-state index contributed by atoms with van der Waals surface area (Å²) in [4.78, 5) is 48.8. The highest BCUT2D eigenvalue weighted by atomic mass is 32.1. The molecular weight excluding hydrogens is 586 g/mol. The summed E-state index contributed by atoms with van der Waals surface area (Å²) in [6, 6.07) is 10.1. The highest BCUT2D eigenvalue weighted by molar-refractivity contribution is 7.21. The van der Waals surface area contributed by atoms with Gasteiger partial charge < -0.3 is 34.4 Å². The number of methoxy groups -OCH3 is 1. The van der Waals surface area contributed by atoms with Crippen molar-refractivity contribution in [3.05, 3.63) is 46.2 Å². The maximum Gasteiger partial charge on any atom is 0.305 e. The summed E-state index contributed by atoms with van der Waals surface area (Å²) in [5.41, 5.74) is 0. The van der Waals surface area contributed by atoms with E-state index >= 15 is 0 Å². The third kappa shape index (κ3) is 7.47. The second-order valence-corrected chi connectivity index (χ2v) is 11.5. The molecule has 0 aliphatic rings. The Balaban J connectivity index is 1.34. The Bertz CT molecular complexity index is 1640. The summed E-state index contributed by atoms with van der Waals surface area (Å²) in [6.07, 6.45) is 0.00984. The molecule has 0 unspecified atom stereocenters. The molecule has 0 saturated carbocycles. The van der Waals surface area contributed by atoms with Gasteiger partial charge in [-0.25, -0.2) is 0 Å². The standard InChI is InChI=1S/C29H29NO10S2/c1-30(7-6-28(35)36)29(37)26-13-17-11-22(21(38-2)15-24(17)42-26)40-9-3-8-39-20-14-23-16(10-19(20)32)12-25(41-23)18(31)4-5-27(33)34/h10-15,32H,3-9H2,1-2H3,(H,33,34)(H,35,36). The number of aromatic hydroxyl groups is 1. The first-order valence-electron chi connectivity index (χ1n) is 12.9. The van der Waals surface area contributed by atoms with Gasteiger partial charge in [0.15, 0.2) is 28.8 Å². The number of hydrogen-bond acceptors (Lipinski definition) is 10. The first-order chi connectivity index (χ1) is 20.0. The van der Waals surface area contributed by atoms with E-state index in [1.54, 1.807) is 37.4 Å². The topological polar surface area (TPSA) is 160 Å². The fourth-order valence-corrected chi connectivity index (χ4v) is 6.16. The number of aliphatic carboxylic acids is 2. The second-order valence-electron chi connectivity index (χ2n) is 9.36. The number of amides is 1. The number of Topliss-reactive ketones (excluding diaryl/α,β-unsaturated/α-hetero) is 1. The number of ketones is 1. The lowest BCUT2D eigenvalue weighted by atomic mass is 10.1. The van der Waals surface area contributed by atoms with Crippen LogP contribution in [0.15, 0.2) is 36.4 Å². The van der Waals surface area contributed by atoms with Gasteiger partial charge in [-0.3, -0.25) is 19.2 Å². The SMILES string of the molecule is COc1cc2sc(C(=O)N(C)CCC(=O)O)cc2cc1OCCCOc1cc2sc(C(=O)CCC(=O)O)cc2cc1O. The van der Waals surface area contributed by atoms with Crippen LogP contribution in [-0.4, -0.2) is 77.8 Å². The molecule has 13 heteroatoms. The first-order valence-corrected chi connectivity index (χ1v) is 14.5. The van der Waals surface area contributed by atoms with Gasteiger partial charge in [0, 0.05) is 48.0 Å². The lowest BCUT2D eigenvalue weighted by Gasteiger charge is -2.14. The van der Waals surface area contributed by atoms with E-state index in [1.807, 2.05) is 0 Å². The van der Waals surface area contributed by atoms with E-state index < -0.39 is 11.9 Å². The Morgan fingerprint density at radius 2 is 1.36 bits per heavy atom. The number of phenolic OH excluding ortho intramolecular Hbond substituents is 1. The molecule has 4 aromatic rings. The van der Waals surface area contributed by atoms with Crippen molar-refractivity contribution in [2.75, 3.05) is 33.9 Å². The largest absolute Gasteiger partial charge is 0.504 e. The van der Waals surface area contributed by atoms with Gasteiger partial charge in [0.2, 0.25) is 0 Å². The normalized spacial score (nSPS) is 11.0. The van der Waals surface area contributed by atoms with Crippen molar-refractivity contribution in [1.82, 2.24) is 4.90 Å². The van der Waals surface area contributed by atoms with Crippen LogP contribution in [0.5, 0.6) is 23.0 Å². The lowest BCUT2D eigenvalue weighted by molar-refractivity contribution is -0.138. The molecule has 0 aliphatic carbocycles. The van der Waals surface area contributed by atoms with Crippen molar-refractivity contribution >= 4 is 66.5 Å². The molecule has 2 aromatic carbocycles. The molecule has 0 aliphatic heterocycles. The predicted molar refractivity (Wildman–Crippen MR) is 158 cm³/mol. The summed E-state index contributed by atoms with van der Waals surface area (Å²) in [7, 11) is 3.08. The highest BCUT2D eigenvalue weighted by Gasteiger charge is 2.18. The number of fused-ring (bicyclic) bond motifs is 2. The summed E-state index contributed by atoms with van der Waals surface area (Å²) >= 11 is 2.50. The molecule has 0 bridgehead atoms. The number of phenols is 1. The average Bonchev–Trinajstić information content (AvgIpc) is 3.56. The molecule has 11 nitrogen and oxygen atoms in total. The van der Waals surface area contributed by atoms with Crippen LogP contribution in [0.3, 0.4) is 0 Å². The minimum absolute atomic E-state index is 0.0747. The van der Waals surface area contributed by atoms with Crippen molar-refractivity contribution in [2.45, 2.75) is 25.7 Å². The summed E-state index contributed by atoms with van der Waals surface area (Å²) in [5.74, 6) is -1.36. The third-order valence-electron chi connectivity index (χ3n) is 6.26. The summed E-state index contributed by atoms with van der Waals surface area (Å²) < 4.78 is 18.7. The van der Waals surface area contributed by atoms with Gasteiger partial charge in [-0.2, -0.15) is 0 Å². The molecule has 0 radical (unpaired) electrons. The first kappa shape index (κ1) is 30.6. The second kappa shape index (κ2) is 13.5. The van der Waals surface area contributed by atoms with E-state index in [1.165, 1.54) is 40.7 Å². The molecular formula is C29H29NO10S2. The van der Waals surface area contributed by atoms with Gasteiger partial charge in [-0.1, -0.05) is 0 Å². The van der Waals surface area contributed by atoms with Crippen LogP contribution in [0.25, 0.3) is 20.2 Å². The van der Waals surface area contributed by atoms with E-state index in [-0.39, 0.29) is 62.2 Å². The van der Waals surface area contributed by atoms with Crippen molar-refractivity contribution in [3.8, 4) is 23.0 Å². The molecule has 2 heterocycles. The zero-order chi connectivity index (χ0) is 30.4. The number of carbonyl (C=O) groups excluding carboxylic acids is 2. The van der Waals surface area contributed by atoms with Crippen molar-refractivity contribution < 1.29 is 48.7 Å². The van der Waals surface area contributed by atoms with Crippen molar-refractivity contribution in [3.63, 3.8) is 0 Å². The molecule has 1 amide bonds. The minimum atomic E-state index is -1.03. The van der Waals surface area contributed by atoms with E-state index in [0.717, 1.165) is 14.8 Å². The predicted octanol–water partition coefficient (Wildman–Crippen LogP) is 5.27. The number of carbonyl (C=O) groups is 4. The molecule has 0 saturated heterocycles. The summed E-state index contributed by atoms with van der Waals surface area (Å²) in [6.45, 7) is 0.621. The Kier molecular flexibility index (Phi) is 9.86. The van der Waals surface area contributed by atoms with E-state index in [9.17, 15) is 24.3 Å². The maximum atomic E-state index is 12.7. The fraction of sp³-hybridized carbons (Fsp3) is 0.310. The number of carboxylic acid groups (broad SMARTS) is 2. The van der Waals surface area contributed by atoms with Gasteiger partial charge in [0.05, 0.1) is 42.9 Å². The van der Waals surface area contributed by atoms with Crippen LogP contribution in [0.4, 0.5) is 0 Å². The monoisotopic (exact) mass is 615 g/mol. The van der Waals surface area contributed by atoms with Crippen LogP contribution in [0.1, 0.15) is 45.0 Å². The van der Waals surface area contributed by atoms with Crippen molar-refractivity contribution in [1.29, 1.82) is 0 Å². The minimum Gasteiger partial charge on any atom is -0.504 e. The zero-order valence-electron chi connectivity index (χ0n) is 22.9. The van der Waals surface area contributed by atoms with Crippen LogP contribution in [-0.2, 0) is 9.59 Å². The van der Waals surface area contributed by atoms with Gasteiger partial charge in [0.1, 0.15) is 0 Å². The number of ether oxygens (including phenoxy) is 3. The highest BCUT2D eigenvalue weighted by Crippen LogP contribution is 2.38. The van der Waals surface area contributed by atoms with Crippen LogP contribution >= 0.6 is 22.7 Å². The Morgan fingerprint density at radius 3 is 2.02 bits per heavy atom. The Morgan fingerprint density at radius 1 is 0.762 bits per heavy atom. The summed E-state index contributed by atoms with van der Waals surface area (Å²) in [5, 5.41) is 29.5. The average molecular weight is 616 g/mol. The van der Waals surface area contributed by atoms with Crippen LogP contribution in [0, 0.1) is 0 Å². The quantitative estimate of drug-likeness (QED) is 0.119. The smallest absolute Gasteiger partial charge is 0.305 e. The molecule has 2 aromatic heterocycles. The number of hydrogen-bond donors (Lipinski definition) is 3. The van der Waals surface area contributed by atoms with Crippen LogP contribution in [0.2, 0.25) is 0 Å². The Labute approximate surface area is 248 Å². The maximum absolute atomic E-state index is 12.7. The van der Waals surface area contributed by atoms with Gasteiger partial charge in [-0.05, 0) is 35.0 Å². The molecule has 4 rings (SSSR count). The fourth-order valence-electron chi connectivity index (χ4n) is 4.05. The molecule has 3 N–H and O–H groups in total. The van der Waals surface area contributed by atoms with Gasteiger partial charge in [-0.15, -0.1) is 22.7 Å². The van der Waals surface area contributed by atoms with E-state index in [0.29, 0.717) is 33.1 Å². The van der Waals surface area contributed by atoms with Gasteiger partial charge in [0.25, 0.3) is 5.91 Å². The van der Waals surface area contributed by atoms with E-state index in [2.05, 4.69) is 0 Å². The Hall–Kier alpha value is -4.36. The van der Waals surface area contributed by atoms with Crippen molar-refractivity contribution in [2.24, 2.45) is 0 Å².